The van der Waals surface area contributed by atoms with Crippen LogP contribution in [0, 0.1) is 0 Å². The van der Waals surface area contributed by atoms with Crippen molar-refractivity contribution in [3.63, 3.8) is 0 Å². The van der Waals surface area contributed by atoms with Gasteiger partial charge in [-0.1, -0.05) is 21.6 Å². The summed E-state index contributed by atoms with van der Waals surface area (Å²) in [6.07, 6.45) is 1.19. The second-order valence-electron chi connectivity index (χ2n) is 6.01. The van der Waals surface area contributed by atoms with Crippen LogP contribution >= 0.6 is 21.6 Å². The molecule has 0 spiro atoms. The molecule has 0 saturated carbocycles. The summed E-state index contributed by atoms with van der Waals surface area (Å²) in [5.41, 5.74) is 5.14. The van der Waals surface area contributed by atoms with Gasteiger partial charge in [0.2, 0.25) is 29.5 Å². The fourth-order valence-corrected chi connectivity index (χ4v) is 4.69. The van der Waals surface area contributed by atoms with E-state index in [9.17, 15) is 24.0 Å². The Morgan fingerprint density at radius 3 is 1.59 bits per heavy atom. The first-order valence-corrected chi connectivity index (χ1v) is 11.0. The topological polar surface area (TPSA) is 147 Å². The Kier molecular flexibility index (Phi) is 13.4. The molecule has 0 aromatic carbocycles. The smallest absolute Gasteiger partial charge is 0.226 e. The highest BCUT2D eigenvalue weighted by Crippen LogP contribution is 2.25. The Morgan fingerprint density at radius 2 is 1.22 bits per heavy atom. The SMILES string of the molecule is CC(=O)NC(=O)CC[C@@H](CSSC[C@H](CCC(N)=O)NC(C)=O)NC(C)=O. The summed E-state index contributed by atoms with van der Waals surface area (Å²) in [6, 6.07) is -0.393. The number of imide groups is 1. The van der Waals surface area contributed by atoms with E-state index in [0.29, 0.717) is 24.3 Å². The van der Waals surface area contributed by atoms with Gasteiger partial charge in [0.15, 0.2) is 0 Å². The van der Waals surface area contributed by atoms with E-state index in [0.717, 1.165) is 0 Å². The quantitative estimate of drug-likeness (QED) is 0.244. The average molecular weight is 421 g/mol. The van der Waals surface area contributed by atoms with Crippen molar-refractivity contribution in [1.82, 2.24) is 16.0 Å². The highest BCUT2D eigenvalue weighted by atomic mass is 33.1. The van der Waals surface area contributed by atoms with Crippen LogP contribution in [-0.2, 0) is 24.0 Å². The summed E-state index contributed by atoms with van der Waals surface area (Å²) < 4.78 is 0. The molecule has 0 saturated heterocycles. The van der Waals surface area contributed by atoms with Crippen molar-refractivity contribution < 1.29 is 24.0 Å². The maximum atomic E-state index is 11.6. The molecule has 5 N–H and O–H groups in total. The normalized spacial score (nSPS) is 12.6. The number of primary amides is 1. The molecule has 9 nitrogen and oxygen atoms in total. The Hall–Kier alpha value is -1.75. The van der Waals surface area contributed by atoms with E-state index in [1.165, 1.54) is 42.4 Å². The molecule has 0 aliphatic heterocycles. The van der Waals surface area contributed by atoms with E-state index in [1.807, 2.05) is 0 Å². The Labute approximate surface area is 167 Å². The van der Waals surface area contributed by atoms with Gasteiger partial charge in [-0.3, -0.25) is 29.3 Å². The van der Waals surface area contributed by atoms with Crippen LogP contribution < -0.4 is 21.7 Å². The summed E-state index contributed by atoms with van der Waals surface area (Å²) in [6.45, 7) is 4.07. The molecule has 0 rings (SSSR count). The molecule has 0 unspecified atom stereocenters. The molecule has 0 aromatic rings. The summed E-state index contributed by atoms with van der Waals surface area (Å²) >= 11 is 0. The minimum absolute atomic E-state index is 0.128. The lowest BCUT2D eigenvalue weighted by Crippen LogP contribution is -2.37. The molecule has 5 amide bonds. The van der Waals surface area contributed by atoms with Gasteiger partial charge < -0.3 is 16.4 Å². The van der Waals surface area contributed by atoms with Gasteiger partial charge >= 0.3 is 0 Å². The fourth-order valence-electron chi connectivity index (χ4n) is 2.11. The largest absolute Gasteiger partial charge is 0.370 e. The van der Waals surface area contributed by atoms with E-state index in [2.05, 4.69) is 16.0 Å². The van der Waals surface area contributed by atoms with Crippen molar-refractivity contribution in [2.75, 3.05) is 11.5 Å². The van der Waals surface area contributed by atoms with Crippen molar-refractivity contribution in [2.45, 2.75) is 58.5 Å². The van der Waals surface area contributed by atoms with E-state index in [4.69, 9.17) is 5.73 Å². The maximum Gasteiger partial charge on any atom is 0.226 e. The summed E-state index contributed by atoms with van der Waals surface area (Å²) in [5.74, 6) is -0.459. The zero-order valence-corrected chi connectivity index (χ0v) is 17.5. The molecule has 154 valence electrons. The molecule has 27 heavy (non-hydrogen) atoms. The van der Waals surface area contributed by atoms with Crippen LogP contribution in [0.25, 0.3) is 0 Å². The van der Waals surface area contributed by atoms with Crippen LogP contribution in [0.15, 0.2) is 0 Å². The second kappa shape index (κ2) is 14.3. The standard InChI is InChI=1S/C16H28N4O5S2/c1-10(21)18-13(4-6-15(17)24)8-26-27-9-14(19-11(2)22)5-7-16(25)20-12(3)23/h13-14H,4-9H2,1-3H3,(H2,17,24)(H,18,21)(H,19,22)(H,20,23,25)/t13-,14-/m0/s1. The molecule has 0 aliphatic rings. The highest BCUT2D eigenvalue weighted by molar-refractivity contribution is 8.76. The van der Waals surface area contributed by atoms with Gasteiger partial charge in [-0.25, -0.2) is 0 Å². The van der Waals surface area contributed by atoms with Gasteiger partial charge in [-0.2, -0.15) is 0 Å². The van der Waals surface area contributed by atoms with E-state index in [-0.39, 0.29) is 42.6 Å². The van der Waals surface area contributed by atoms with Gasteiger partial charge in [0.25, 0.3) is 0 Å². The Bertz CT molecular complexity index is 545. The van der Waals surface area contributed by atoms with Crippen LogP contribution in [-0.4, -0.2) is 53.1 Å². The van der Waals surface area contributed by atoms with Gasteiger partial charge in [0, 0.05) is 57.2 Å². The van der Waals surface area contributed by atoms with E-state index < -0.39 is 11.8 Å². The summed E-state index contributed by atoms with van der Waals surface area (Å²) in [4.78, 5) is 55.9. The van der Waals surface area contributed by atoms with Gasteiger partial charge in [-0.05, 0) is 12.8 Å². The molecule has 11 heteroatoms. The van der Waals surface area contributed by atoms with Crippen molar-refractivity contribution >= 4 is 51.1 Å². The molecule has 0 bridgehead atoms. The Morgan fingerprint density at radius 1 is 0.778 bits per heavy atom. The lowest BCUT2D eigenvalue weighted by atomic mass is 10.1. The first kappa shape index (κ1) is 25.2. The third-order valence-corrected chi connectivity index (χ3v) is 5.77. The molecule has 0 fully saturated rings. The molecule has 0 heterocycles. The summed E-state index contributed by atoms with van der Waals surface area (Å²) in [7, 11) is 2.99. The zero-order valence-electron chi connectivity index (χ0n) is 15.8. The van der Waals surface area contributed by atoms with Gasteiger partial charge in [-0.15, -0.1) is 0 Å². The van der Waals surface area contributed by atoms with Crippen molar-refractivity contribution in [3.8, 4) is 0 Å². The molecule has 0 aliphatic carbocycles. The van der Waals surface area contributed by atoms with Gasteiger partial charge in [0.05, 0.1) is 0 Å². The monoisotopic (exact) mass is 420 g/mol. The van der Waals surface area contributed by atoms with Crippen LogP contribution in [0.3, 0.4) is 0 Å². The minimum atomic E-state index is -0.419. The number of hydrogen-bond donors (Lipinski definition) is 4. The van der Waals surface area contributed by atoms with Crippen molar-refractivity contribution in [2.24, 2.45) is 5.73 Å². The molecular formula is C16H28N4O5S2. The highest BCUT2D eigenvalue weighted by Gasteiger charge is 2.15. The van der Waals surface area contributed by atoms with Crippen molar-refractivity contribution in [1.29, 1.82) is 0 Å². The van der Waals surface area contributed by atoms with Gasteiger partial charge in [0.1, 0.15) is 0 Å². The van der Waals surface area contributed by atoms with E-state index in [1.54, 1.807) is 0 Å². The molecule has 2 atom stereocenters. The third kappa shape index (κ3) is 16.2. The number of amides is 5. The molecular weight excluding hydrogens is 392 g/mol. The number of nitrogens with two attached hydrogens (primary N) is 1. The minimum Gasteiger partial charge on any atom is -0.370 e. The van der Waals surface area contributed by atoms with Crippen molar-refractivity contribution in [3.05, 3.63) is 0 Å². The lowest BCUT2D eigenvalue weighted by molar-refractivity contribution is -0.129. The van der Waals surface area contributed by atoms with Crippen LogP contribution in [0.5, 0.6) is 0 Å². The lowest BCUT2D eigenvalue weighted by Gasteiger charge is -2.19. The predicted molar refractivity (Wildman–Crippen MR) is 107 cm³/mol. The number of hydrogen-bond acceptors (Lipinski definition) is 7. The maximum absolute atomic E-state index is 11.6. The molecule has 0 aromatic heterocycles. The first-order valence-electron chi connectivity index (χ1n) is 8.47. The number of rotatable bonds is 13. The number of nitrogens with one attached hydrogen (secondary N) is 3. The molecule has 0 radical (unpaired) electrons. The number of carbonyl (C=O) groups is 5. The van der Waals surface area contributed by atoms with Crippen LogP contribution in [0.4, 0.5) is 0 Å². The fraction of sp³-hybridized carbons (Fsp3) is 0.688. The Balaban J connectivity index is 4.36. The van der Waals surface area contributed by atoms with E-state index >= 15 is 0 Å². The number of carbonyl (C=O) groups excluding carboxylic acids is 5. The summed E-state index contributed by atoms with van der Waals surface area (Å²) in [5, 5.41) is 7.75. The van der Waals surface area contributed by atoms with Crippen LogP contribution in [0.1, 0.15) is 46.5 Å². The van der Waals surface area contributed by atoms with Crippen LogP contribution in [0.2, 0.25) is 0 Å². The average Bonchev–Trinajstić information content (AvgIpc) is 2.52. The third-order valence-electron chi connectivity index (χ3n) is 3.21. The predicted octanol–water partition coefficient (Wildman–Crippen LogP) is 0.0856. The first-order chi connectivity index (χ1) is 12.6. The zero-order chi connectivity index (χ0) is 20.8. The second-order valence-corrected chi connectivity index (χ2v) is 8.56.